The summed E-state index contributed by atoms with van der Waals surface area (Å²) in [5.74, 6) is 0.397. The minimum absolute atomic E-state index is 0.0543. The van der Waals surface area contributed by atoms with E-state index in [1.165, 1.54) is 26.1 Å². The first-order valence-corrected chi connectivity index (χ1v) is 13.4. The monoisotopic (exact) mass is 531 g/mol. The Morgan fingerprint density at radius 1 is 1.18 bits per heavy atom. The summed E-state index contributed by atoms with van der Waals surface area (Å²) in [7, 11) is 0. The standard InChI is InChI=1S/C30H34FN5O3/c1-5-35-27(37)17-23-9-12-39-13-11-36(23)25-14-21(18-33-28(25)35)24-16-22(7-6-19(24)2)34-29(38)20-8-10-32-26(15-20)30(3,4)31/h6-8,10,14-16,18,23H,5,9,11-13,17H2,1-4H3,(H,34,38). The summed E-state index contributed by atoms with van der Waals surface area (Å²) >= 11 is 0. The molecule has 5 rings (SSSR count). The highest BCUT2D eigenvalue weighted by atomic mass is 19.1. The second-order valence-electron chi connectivity index (χ2n) is 10.5. The second-order valence-corrected chi connectivity index (χ2v) is 10.5. The van der Waals surface area contributed by atoms with E-state index < -0.39 is 5.67 Å². The Morgan fingerprint density at radius 2 is 2.00 bits per heavy atom. The molecule has 4 heterocycles. The summed E-state index contributed by atoms with van der Waals surface area (Å²) in [4.78, 5) is 39.0. The van der Waals surface area contributed by atoms with Crippen molar-refractivity contribution in [2.45, 2.75) is 52.2 Å². The number of hydrogen-bond donors (Lipinski definition) is 1. The molecule has 0 spiro atoms. The summed E-state index contributed by atoms with van der Waals surface area (Å²) in [6.45, 7) is 9.26. The van der Waals surface area contributed by atoms with E-state index >= 15 is 0 Å². The topological polar surface area (TPSA) is 87.7 Å². The number of nitrogens with zero attached hydrogens (tertiary/aromatic N) is 4. The maximum absolute atomic E-state index is 14.4. The van der Waals surface area contributed by atoms with Crippen molar-refractivity contribution in [3.05, 3.63) is 65.6 Å². The fraction of sp³-hybridized carbons (Fsp3) is 0.400. The van der Waals surface area contributed by atoms with E-state index in [-0.39, 0.29) is 23.6 Å². The Hall–Kier alpha value is -3.85. The van der Waals surface area contributed by atoms with Gasteiger partial charge in [0.05, 0.1) is 18.0 Å². The van der Waals surface area contributed by atoms with Crippen LogP contribution in [-0.4, -0.2) is 54.1 Å². The van der Waals surface area contributed by atoms with Crippen LogP contribution < -0.4 is 15.1 Å². The van der Waals surface area contributed by atoms with E-state index in [1.807, 2.05) is 32.0 Å². The van der Waals surface area contributed by atoms with Crippen molar-refractivity contribution >= 4 is 29.0 Å². The zero-order chi connectivity index (χ0) is 27.7. The van der Waals surface area contributed by atoms with E-state index in [9.17, 15) is 14.0 Å². The Labute approximate surface area is 228 Å². The van der Waals surface area contributed by atoms with Gasteiger partial charge in [-0.2, -0.15) is 0 Å². The number of alkyl halides is 1. The van der Waals surface area contributed by atoms with Crippen LogP contribution in [-0.2, 0) is 15.2 Å². The molecule has 0 saturated carbocycles. The molecule has 1 atom stereocenters. The lowest BCUT2D eigenvalue weighted by atomic mass is 10.00. The second kappa shape index (κ2) is 10.7. The van der Waals surface area contributed by atoms with Crippen molar-refractivity contribution in [2.75, 3.05) is 41.4 Å². The first-order valence-electron chi connectivity index (χ1n) is 13.4. The molecule has 8 nitrogen and oxygen atoms in total. The number of carbonyl (C=O) groups is 2. The van der Waals surface area contributed by atoms with Crippen molar-refractivity contribution in [2.24, 2.45) is 0 Å². The number of pyridine rings is 2. The first-order chi connectivity index (χ1) is 18.7. The van der Waals surface area contributed by atoms with Gasteiger partial charge in [0.2, 0.25) is 5.91 Å². The van der Waals surface area contributed by atoms with Crippen LogP contribution in [0, 0.1) is 6.92 Å². The number of aromatic nitrogens is 2. The molecule has 0 radical (unpaired) electrons. The summed E-state index contributed by atoms with van der Waals surface area (Å²) < 4.78 is 20.1. The molecule has 0 bridgehead atoms. The van der Waals surface area contributed by atoms with E-state index in [0.29, 0.717) is 49.8 Å². The number of halogens is 1. The molecule has 2 aliphatic rings. The van der Waals surface area contributed by atoms with Crippen LogP contribution in [0.4, 0.5) is 21.6 Å². The molecule has 2 aromatic heterocycles. The molecule has 2 aliphatic heterocycles. The van der Waals surface area contributed by atoms with Gasteiger partial charge in [-0.05, 0) is 75.6 Å². The number of fused-ring (bicyclic) bond motifs is 3. The Bertz CT molecular complexity index is 1400. The van der Waals surface area contributed by atoms with Crippen molar-refractivity contribution < 1.29 is 18.7 Å². The molecular formula is C30H34FN5O3. The maximum atomic E-state index is 14.4. The average molecular weight is 532 g/mol. The Balaban J connectivity index is 1.49. The molecule has 0 aliphatic carbocycles. The average Bonchev–Trinajstić information content (AvgIpc) is 3.20. The highest BCUT2D eigenvalue weighted by Gasteiger charge is 2.34. The molecule has 1 aromatic carbocycles. The third kappa shape index (κ3) is 5.49. The molecular weight excluding hydrogens is 497 g/mol. The van der Waals surface area contributed by atoms with Crippen LogP contribution in [0.25, 0.3) is 11.1 Å². The smallest absolute Gasteiger partial charge is 0.255 e. The van der Waals surface area contributed by atoms with Gasteiger partial charge in [0, 0.05) is 61.4 Å². The van der Waals surface area contributed by atoms with Crippen molar-refractivity contribution in [3.8, 4) is 11.1 Å². The predicted octanol–water partition coefficient (Wildman–Crippen LogP) is 5.26. The number of anilines is 3. The molecule has 1 N–H and O–H groups in total. The van der Waals surface area contributed by atoms with Crippen LogP contribution in [0.1, 0.15) is 55.2 Å². The lowest BCUT2D eigenvalue weighted by Crippen LogP contribution is -2.37. The van der Waals surface area contributed by atoms with Crippen LogP contribution in [0.2, 0.25) is 0 Å². The Morgan fingerprint density at radius 3 is 2.77 bits per heavy atom. The molecule has 1 saturated heterocycles. The number of carbonyl (C=O) groups excluding carboxylic acids is 2. The highest BCUT2D eigenvalue weighted by molar-refractivity contribution is 6.04. The van der Waals surface area contributed by atoms with Gasteiger partial charge < -0.3 is 15.0 Å². The molecule has 1 fully saturated rings. The third-order valence-electron chi connectivity index (χ3n) is 7.39. The summed E-state index contributed by atoms with van der Waals surface area (Å²) in [5, 5.41) is 2.93. The van der Waals surface area contributed by atoms with E-state index in [2.05, 4.69) is 21.3 Å². The quantitative estimate of drug-likeness (QED) is 0.483. The predicted molar refractivity (Wildman–Crippen MR) is 150 cm³/mol. The molecule has 204 valence electrons. The summed E-state index contributed by atoms with van der Waals surface area (Å²) in [6.07, 6.45) is 4.44. The van der Waals surface area contributed by atoms with Gasteiger partial charge in [-0.3, -0.25) is 19.5 Å². The van der Waals surface area contributed by atoms with E-state index in [4.69, 9.17) is 9.72 Å². The third-order valence-corrected chi connectivity index (χ3v) is 7.39. The number of amides is 2. The van der Waals surface area contributed by atoms with Gasteiger partial charge in [0.1, 0.15) is 5.67 Å². The minimum atomic E-state index is -1.65. The van der Waals surface area contributed by atoms with Gasteiger partial charge in [0.25, 0.3) is 5.91 Å². The van der Waals surface area contributed by atoms with Crippen molar-refractivity contribution in [1.82, 2.24) is 9.97 Å². The molecule has 2 amide bonds. The Kier molecular flexibility index (Phi) is 7.36. The fourth-order valence-electron chi connectivity index (χ4n) is 5.23. The molecule has 39 heavy (non-hydrogen) atoms. The fourth-order valence-corrected chi connectivity index (χ4v) is 5.23. The number of benzene rings is 1. The van der Waals surface area contributed by atoms with Crippen LogP contribution >= 0.6 is 0 Å². The van der Waals surface area contributed by atoms with Crippen LogP contribution in [0.5, 0.6) is 0 Å². The first kappa shape index (κ1) is 26.7. The number of rotatable bonds is 5. The van der Waals surface area contributed by atoms with Crippen LogP contribution in [0.15, 0.2) is 48.8 Å². The SMILES string of the molecule is CCN1C(=O)CC2CCOCCN2c2cc(-c3cc(NC(=O)c4ccnc(C(C)(C)F)c4)ccc3C)cnc21. The molecule has 3 aromatic rings. The van der Waals surface area contributed by atoms with E-state index in [0.717, 1.165) is 28.8 Å². The van der Waals surface area contributed by atoms with Gasteiger partial charge in [-0.1, -0.05) is 6.07 Å². The van der Waals surface area contributed by atoms with E-state index in [1.54, 1.807) is 17.2 Å². The molecule has 1 unspecified atom stereocenters. The number of hydrogen-bond acceptors (Lipinski definition) is 6. The van der Waals surface area contributed by atoms with Crippen molar-refractivity contribution in [3.63, 3.8) is 0 Å². The van der Waals surface area contributed by atoms with Gasteiger partial charge in [0.15, 0.2) is 5.82 Å². The van der Waals surface area contributed by atoms with Gasteiger partial charge in [-0.25, -0.2) is 9.37 Å². The van der Waals surface area contributed by atoms with Crippen molar-refractivity contribution in [1.29, 1.82) is 0 Å². The lowest BCUT2D eigenvalue weighted by molar-refractivity contribution is -0.118. The lowest BCUT2D eigenvalue weighted by Gasteiger charge is -2.30. The molecule has 9 heteroatoms. The normalized spacial score (nSPS) is 17.7. The summed E-state index contributed by atoms with van der Waals surface area (Å²) in [6, 6.07) is 10.9. The zero-order valence-corrected chi connectivity index (χ0v) is 22.8. The van der Waals surface area contributed by atoms with Gasteiger partial charge >= 0.3 is 0 Å². The highest BCUT2D eigenvalue weighted by Crippen LogP contribution is 2.38. The van der Waals surface area contributed by atoms with Crippen LogP contribution in [0.3, 0.4) is 0 Å². The number of nitrogens with one attached hydrogen (secondary N) is 1. The van der Waals surface area contributed by atoms with Gasteiger partial charge in [-0.15, -0.1) is 0 Å². The zero-order valence-electron chi connectivity index (χ0n) is 22.8. The minimum Gasteiger partial charge on any atom is -0.380 e. The maximum Gasteiger partial charge on any atom is 0.255 e. The number of aryl methyl sites for hydroxylation is 1. The number of ether oxygens (including phenoxy) is 1. The summed E-state index contributed by atoms with van der Waals surface area (Å²) in [5.41, 5.74) is 3.25. The largest absolute Gasteiger partial charge is 0.380 e.